The maximum absolute atomic E-state index is 11.7. The van der Waals surface area contributed by atoms with Crippen LogP contribution in [0.1, 0.15) is 13.8 Å². The summed E-state index contributed by atoms with van der Waals surface area (Å²) in [7, 11) is -3.41. The molecule has 1 heterocycles. The zero-order chi connectivity index (χ0) is 11.7. The molecule has 0 aliphatic rings. The topological polar surface area (TPSA) is 72.2 Å². The molecule has 0 aromatic carbocycles. The van der Waals surface area contributed by atoms with E-state index < -0.39 is 15.6 Å². The summed E-state index contributed by atoms with van der Waals surface area (Å²) in [6, 6.07) is 3.26. The third-order valence-corrected chi connectivity index (χ3v) is 5.05. The molecular formula is C8H13BrN2O2S2. The summed E-state index contributed by atoms with van der Waals surface area (Å²) >= 11 is 4.39. The van der Waals surface area contributed by atoms with Crippen molar-refractivity contribution in [3.8, 4) is 0 Å². The van der Waals surface area contributed by atoms with Crippen molar-refractivity contribution in [1.82, 2.24) is 4.72 Å². The molecule has 0 spiro atoms. The molecule has 15 heavy (non-hydrogen) atoms. The van der Waals surface area contributed by atoms with Gasteiger partial charge in [-0.05, 0) is 41.9 Å². The van der Waals surface area contributed by atoms with Crippen molar-refractivity contribution in [2.75, 3.05) is 6.54 Å². The van der Waals surface area contributed by atoms with Gasteiger partial charge in [-0.1, -0.05) is 0 Å². The number of rotatable bonds is 4. The molecule has 0 unspecified atom stereocenters. The molecule has 0 radical (unpaired) electrons. The highest BCUT2D eigenvalue weighted by Gasteiger charge is 2.19. The lowest BCUT2D eigenvalue weighted by atomic mass is 10.1. The molecule has 3 N–H and O–H groups in total. The van der Waals surface area contributed by atoms with Crippen molar-refractivity contribution in [2.24, 2.45) is 5.73 Å². The van der Waals surface area contributed by atoms with E-state index in [-0.39, 0.29) is 6.54 Å². The van der Waals surface area contributed by atoms with E-state index in [1.165, 1.54) is 11.3 Å². The van der Waals surface area contributed by atoms with Gasteiger partial charge in [0.05, 0.1) is 3.79 Å². The minimum Gasteiger partial charge on any atom is -0.324 e. The summed E-state index contributed by atoms with van der Waals surface area (Å²) in [5.74, 6) is 0. The van der Waals surface area contributed by atoms with E-state index in [4.69, 9.17) is 5.73 Å². The van der Waals surface area contributed by atoms with Crippen LogP contribution in [-0.2, 0) is 10.0 Å². The predicted octanol–water partition coefficient (Wildman–Crippen LogP) is 1.53. The molecule has 0 aliphatic carbocycles. The molecule has 86 valence electrons. The number of hydrogen-bond acceptors (Lipinski definition) is 4. The smallest absolute Gasteiger partial charge is 0.250 e. The molecule has 1 rings (SSSR count). The van der Waals surface area contributed by atoms with Crippen molar-refractivity contribution >= 4 is 37.3 Å². The van der Waals surface area contributed by atoms with Crippen LogP contribution in [0.2, 0.25) is 0 Å². The quantitative estimate of drug-likeness (QED) is 0.885. The third-order valence-electron chi connectivity index (χ3n) is 1.53. The van der Waals surface area contributed by atoms with E-state index in [1.54, 1.807) is 26.0 Å². The Labute approximate surface area is 102 Å². The molecule has 0 amide bonds. The molecule has 0 atom stereocenters. The maximum Gasteiger partial charge on any atom is 0.250 e. The van der Waals surface area contributed by atoms with Crippen LogP contribution < -0.4 is 10.5 Å². The van der Waals surface area contributed by atoms with E-state index in [0.717, 1.165) is 3.79 Å². The van der Waals surface area contributed by atoms with Crippen LogP contribution in [0.4, 0.5) is 0 Å². The highest BCUT2D eigenvalue weighted by atomic mass is 79.9. The largest absolute Gasteiger partial charge is 0.324 e. The van der Waals surface area contributed by atoms with Gasteiger partial charge in [-0.2, -0.15) is 0 Å². The zero-order valence-corrected chi connectivity index (χ0v) is 11.7. The van der Waals surface area contributed by atoms with Crippen LogP contribution >= 0.6 is 27.3 Å². The van der Waals surface area contributed by atoms with Gasteiger partial charge >= 0.3 is 0 Å². The predicted molar refractivity (Wildman–Crippen MR) is 65.5 cm³/mol. The van der Waals surface area contributed by atoms with Gasteiger partial charge in [0.2, 0.25) is 10.0 Å². The van der Waals surface area contributed by atoms with Crippen molar-refractivity contribution < 1.29 is 8.42 Å². The van der Waals surface area contributed by atoms with Crippen LogP contribution in [0, 0.1) is 0 Å². The lowest BCUT2D eigenvalue weighted by Crippen LogP contribution is -2.44. The molecule has 0 aliphatic heterocycles. The Kier molecular flexibility index (Phi) is 3.94. The second kappa shape index (κ2) is 4.50. The third kappa shape index (κ3) is 4.20. The Morgan fingerprint density at radius 2 is 2.13 bits per heavy atom. The van der Waals surface area contributed by atoms with Gasteiger partial charge in [0.25, 0.3) is 0 Å². The highest BCUT2D eigenvalue weighted by Crippen LogP contribution is 2.25. The number of sulfonamides is 1. The SMILES string of the molecule is CC(C)(N)CNS(=O)(=O)c1ccc(Br)s1. The van der Waals surface area contributed by atoms with E-state index in [2.05, 4.69) is 20.7 Å². The zero-order valence-electron chi connectivity index (χ0n) is 8.45. The molecular weight excluding hydrogens is 300 g/mol. The molecule has 1 aromatic rings. The highest BCUT2D eigenvalue weighted by molar-refractivity contribution is 9.11. The molecule has 0 saturated carbocycles. The second-order valence-electron chi connectivity index (χ2n) is 3.87. The Balaban J connectivity index is 2.77. The van der Waals surface area contributed by atoms with Crippen LogP contribution in [0.15, 0.2) is 20.1 Å². The van der Waals surface area contributed by atoms with E-state index in [9.17, 15) is 8.42 Å². The summed E-state index contributed by atoms with van der Waals surface area (Å²) < 4.78 is 27.0. The van der Waals surface area contributed by atoms with Gasteiger partial charge in [-0.15, -0.1) is 11.3 Å². The minimum atomic E-state index is -3.41. The molecule has 7 heteroatoms. The lowest BCUT2D eigenvalue weighted by molar-refractivity contribution is 0.498. The maximum atomic E-state index is 11.7. The van der Waals surface area contributed by atoms with Gasteiger partial charge < -0.3 is 5.73 Å². The summed E-state index contributed by atoms with van der Waals surface area (Å²) in [6.45, 7) is 3.74. The van der Waals surface area contributed by atoms with Crippen LogP contribution in [0.3, 0.4) is 0 Å². The van der Waals surface area contributed by atoms with Crippen LogP contribution in [-0.4, -0.2) is 20.5 Å². The summed E-state index contributed by atoms with van der Waals surface area (Å²) in [6.07, 6.45) is 0. The first-order chi connectivity index (χ1) is 6.71. The fraction of sp³-hybridized carbons (Fsp3) is 0.500. The molecule has 0 bridgehead atoms. The number of nitrogens with one attached hydrogen (secondary N) is 1. The summed E-state index contributed by atoms with van der Waals surface area (Å²) in [5, 5.41) is 0. The number of hydrogen-bond donors (Lipinski definition) is 2. The van der Waals surface area contributed by atoms with Gasteiger partial charge in [-0.3, -0.25) is 0 Å². The van der Waals surface area contributed by atoms with E-state index in [1.807, 2.05) is 0 Å². The van der Waals surface area contributed by atoms with E-state index >= 15 is 0 Å². The van der Waals surface area contributed by atoms with Crippen molar-refractivity contribution in [2.45, 2.75) is 23.6 Å². The number of halogens is 1. The van der Waals surface area contributed by atoms with Gasteiger partial charge in [0.1, 0.15) is 4.21 Å². The first-order valence-corrected chi connectivity index (χ1v) is 7.34. The Morgan fingerprint density at radius 3 is 2.53 bits per heavy atom. The average Bonchev–Trinajstić information content (AvgIpc) is 2.48. The Hall–Kier alpha value is 0.0500. The normalized spacial score (nSPS) is 13.1. The Morgan fingerprint density at radius 1 is 1.53 bits per heavy atom. The van der Waals surface area contributed by atoms with Gasteiger partial charge in [0, 0.05) is 12.1 Å². The minimum absolute atomic E-state index is 0.213. The number of thiophene rings is 1. The Bertz CT molecular complexity index is 434. The van der Waals surface area contributed by atoms with Gasteiger partial charge in [-0.25, -0.2) is 13.1 Å². The standard InChI is InChI=1S/C8H13BrN2O2S2/c1-8(2,10)5-11-15(12,13)7-4-3-6(9)14-7/h3-4,11H,5,10H2,1-2H3. The monoisotopic (exact) mass is 312 g/mol. The molecule has 1 aromatic heterocycles. The second-order valence-corrected chi connectivity index (χ2v) is 8.33. The van der Waals surface area contributed by atoms with Gasteiger partial charge in [0.15, 0.2) is 0 Å². The van der Waals surface area contributed by atoms with Crippen molar-refractivity contribution in [3.63, 3.8) is 0 Å². The van der Waals surface area contributed by atoms with Crippen molar-refractivity contribution in [1.29, 1.82) is 0 Å². The average molecular weight is 313 g/mol. The van der Waals surface area contributed by atoms with E-state index in [0.29, 0.717) is 4.21 Å². The fourth-order valence-electron chi connectivity index (χ4n) is 0.794. The summed E-state index contributed by atoms with van der Waals surface area (Å²) in [4.78, 5) is 0. The first-order valence-electron chi connectivity index (χ1n) is 4.25. The first kappa shape index (κ1) is 13.1. The fourth-order valence-corrected chi connectivity index (χ4v) is 4.07. The molecule has 0 saturated heterocycles. The van der Waals surface area contributed by atoms with Crippen molar-refractivity contribution in [3.05, 3.63) is 15.9 Å². The molecule has 4 nitrogen and oxygen atoms in total. The lowest BCUT2D eigenvalue weighted by Gasteiger charge is -2.18. The molecule has 0 fully saturated rings. The summed E-state index contributed by atoms with van der Waals surface area (Å²) in [5.41, 5.74) is 5.14. The number of nitrogens with two attached hydrogens (primary N) is 1. The van der Waals surface area contributed by atoms with Crippen LogP contribution in [0.5, 0.6) is 0 Å². The van der Waals surface area contributed by atoms with Crippen LogP contribution in [0.25, 0.3) is 0 Å².